The summed E-state index contributed by atoms with van der Waals surface area (Å²) in [4.78, 5) is 46.5. The zero-order valence-corrected chi connectivity index (χ0v) is 16.1. The van der Waals surface area contributed by atoms with Crippen molar-refractivity contribution in [2.45, 2.75) is 39.0 Å². The van der Waals surface area contributed by atoms with Gasteiger partial charge in [0.15, 0.2) is 5.78 Å². The first-order valence-electron chi connectivity index (χ1n) is 8.83. The van der Waals surface area contributed by atoms with Gasteiger partial charge in [-0.2, -0.15) is 13.2 Å². The van der Waals surface area contributed by atoms with Crippen LogP contribution in [0.25, 0.3) is 10.8 Å². The number of Topliss-reactive ketones (excluding diaryl/α,β-unsaturated/α-hetero) is 1. The lowest BCUT2D eigenvalue weighted by Gasteiger charge is -2.15. The summed E-state index contributed by atoms with van der Waals surface area (Å²) in [6.07, 6.45) is -4.32. The number of halogens is 4. The number of nitrogens with one attached hydrogen (secondary N) is 1. The summed E-state index contributed by atoms with van der Waals surface area (Å²) in [5.41, 5.74) is -1.69. The number of aromatic nitrogens is 1. The van der Waals surface area contributed by atoms with Crippen LogP contribution in [-0.2, 0) is 27.1 Å². The van der Waals surface area contributed by atoms with Gasteiger partial charge in [-0.3, -0.25) is 19.2 Å². The number of carbonyl (C=O) groups is 3. The van der Waals surface area contributed by atoms with Crippen LogP contribution in [0.1, 0.15) is 25.8 Å². The third-order valence-corrected chi connectivity index (χ3v) is 3.85. The molecular weight excluding hydrogens is 412 g/mol. The van der Waals surface area contributed by atoms with Gasteiger partial charge >= 0.3 is 12.1 Å². The number of rotatable bonds is 7. The van der Waals surface area contributed by atoms with Crippen molar-refractivity contribution in [1.82, 2.24) is 9.88 Å². The van der Waals surface area contributed by atoms with Gasteiger partial charge in [-0.15, -0.1) is 0 Å². The van der Waals surface area contributed by atoms with Crippen molar-refractivity contribution < 1.29 is 37.1 Å². The highest BCUT2D eigenvalue weighted by molar-refractivity contribution is 5.92. The van der Waals surface area contributed by atoms with Gasteiger partial charge in [0.05, 0.1) is 12.0 Å². The Kier molecular flexibility index (Phi) is 8.69. The molecule has 0 aliphatic carbocycles. The second-order valence-corrected chi connectivity index (χ2v) is 5.87. The van der Waals surface area contributed by atoms with Crippen LogP contribution in [0, 0.1) is 0 Å². The van der Waals surface area contributed by atoms with Crippen molar-refractivity contribution in [2.75, 3.05) is 6.67 Å². The fourth-order valence-electron chi connectivity index (χ4n) is 2.50. The third kappa shape index (κ3) is 6.39. The number of hydrogen-bond acceptors (Lipinski definition) is 4. The van der Waals surface area contributed by atoms with E-state index in [0.29, 0.717) is 0 Å². The number of hydrogen-bond donors (Lipinski definition) is 2. The van der Waals surface area contributed by atoms with Crippen molar-refractivity contribution in [3.63, 3.8) is 0 Å². The average Bonchev–Trinajstić information content (AvgIpc) is 2.69. The van der Waals surface area contributed by atoms with Crippen LogP contribution in [0.3, 0.4) is 0 Å². The van der Waals surface area contributed by atoms with Crippen molar-refractivity contribution in [3.8, 4) is 0 Å². The minimum atomic E-state index is -4.58. The molecule has 2 N–H and O–H groups in total. The fraction of sp³-hybridized carbons (Fsp3) is 0.368. The molecule has 1 heterocycles. The molecule has 0 fully saturated rings. The average molecular weight is 432 g/mol. The van der Waals surface area contributed by atoms with Gasteiger partial charge in [0.1, 0.15) is 19.3 Å². The van der Waals surface area contributed by atoms with Crippen LogP contribution in [0.15, 0.2) is 35.3 Å². The minimum Gasteiger partial charge on any atom is -0.481 e. The molecule has 0 bridgehead atoms. The summed E-state index contributed by atoms with van der Waals surface area (Å²) >= 11 is 0. The van der Waals surface area contributed by atoms with Crippen LogP contribution in [0.4, 0.5) is 17.6 Å². The summed E-state index contributed by atoms with van der Waals surface area (Å²) in [6, 6.07) is 2.12. The number of nitrogens with zero attached hydrogens (tertiary/aromatic N) is 1. The van der Waals surface area contributed by atoms with Crippen molar-refractivity contribution in [3.05, 3.63) is 46.4 Å². The van der Waals surface area contributed by atoms with E-state index in [-0.39, 0.29) is 10.8 Å². The first kappa shape index (κ1) is 24.8. The van der Waals surface area contributed by atoms with Gasteiger partial charge in [0, 0.05) is 11.6 Å². The quantitative estimate of drug-likeness (QED) is 0.655. The molecule has 0 saturated carbocycles. The van der Waals surface area contributed by atoms with Crippen LogP contribution < -0.4 is 10.9 Å². The lowest BCUT2D eigenvalue weighted by atomic mass is 10.1. The smallest absolute Gasteiger partial charge is 0.416 e. The maximum absolute atomic E-state index is 12.7. The van der Waals surface area contributed by atoms with Gasteiger partial charge in [-0.05, 0) is 29.7 Å². The monoisotopic (exact) mass is 432 g/mol. The van der Waals surface area contributed by atoms with E-state index >= 15 is 0 Å². The molecule has 1 amide bonds. The molecule has 7 nitrogen and oxygen atoms in total. The van der Waals surface area contributed by atoms with E-state index in [1.807, 2.05) is 19.2 Å². The highest BCUT2D eigenvalue weighted by atomic mass is 19.4. The Balaban J connectivity index is 0.00000218. The van der Waals surface area contributed by atoms with E-state index in [0.717, 1.165) is 29.0 Å². The molecule has 0 spiro atoms. The number of pyridine rings is 1. The van der Waals surface area contributed by atoms with Gasteiger partial charge in [-0.1, -0.05) is 13.8 Å². The van der Waals surface area contributed by atoms with E-state index in [9.17, 15) is 36.7 Å². The maximum atomic E-state index is 12.7. The molecule has 1 atom stereocenters. The molecule has 0 saturated heterocycles. The fourth-order valence-corrected chi connectivity index (χ4v) is 2.50. The summed E-state index contributed by atoms with van der Waals surface area (Å²) in [5, 5.41) is 10.7. The zero-order chi connectivity index (χ0) is 23.1. The first-order valence-corrected chi connectivity index (χ1v) is 8.83. The maximum Gasteiger partial charge on any atom is 0.416 e. The van der Waals surface area contributed by atoms with Gasteiger partial charge in [0.2, 0.25) is 5.91 Å². The van der Waals surface area contributed by atoms with E-state index in [1.165, 1.54) is 6.07 Å². The van der Waals surface area contributed by atoms with Crippen LogP contribution in [0.2, 0.25) is 0 Å². The number of carboxylic acids is 1. The van der Waals surface area contributed by atoms with E-state index in [4.69, 9.17) is 5.11 Å². The van der Waals surface area contributed by atoms with Crippen molar-refractivity contribution >= 4 is 28.4 Å². The number of aliphatic carboxylic acids is 1. The summed E-state index contributed by atoms with van der Waals surface area (Å²) < 4.78 is 51.6. The van der Waals surface area contributed by atoms with Gasteiger partial charge in [0.25, 0.3) is 5.56 Å². The number of ketones is 1. The highest BCUT2D eigenvalue weighted by Gasteiger charge is 2.30. The SMILES string of the molecule is CC.O=C(O)CC(NC(=O)Cn1ccc2cc(C(F)(F)F)ccc2c1=O)C(=O)CF. The lowest BCUT2D eigenvalue weighted by Crippen LogP contribution is -2.45. The Morgan fingerprint density at radius 1 is 1.17 bits per heavy atom. The first-order chi connectivity index (χ1) is 14.0. The van der Waals surface area contributed by atoms with Crippen LogP contribution in [0.5, 0.6) is 0 Å². The molecule has 1 aromatic carbocycles. The van der Waals surface area contributed by atoms with E-state index < -0.39 is 60.6 Å². The van der Waals surface area contributed by atoms with E-state index in [2.05, 4.69) is 0 Å². The Hall–Kier alpha value is -3.24. The molecule has 1 unspecified atom stereocenters. The minimum absolute atomic E-state index is 0.0212. The number of fused-ring (bicyclic) bond motifs is 1. The number of alkyl halides is 4. The predicted molar refractivity (Wildman–Crippen MR) is 99.7 cm³/mol. The predicted octanol–water partition coefficient (Wildman–Crippen LogP) is 2.54. The summed E-state index contributed by atoms with van der Waals surface area (Å²) in [5.74, 6) is -3.50. The molecule has 1 aromatic heterocycles. The molecule has 0 aliphatic rings. The Morgan fingerprint density at radius 2 is 1.80 bits per heavy atom. The molecule has 164 valence electrons. The Bertz CT molecular complexity index is 985. The largest absolute Gasteiger partial charge is 0.481 e. The van der Waals surface area contributed by atoms with Gasteiger partial charge < -0.3 is 15.0 Å². The standard InChI is InChI=1S/C17H14F4N2O5.C2H6/c18-7-13(24)12(6-15(26)27)22-14(25)8-23-4-3-9-5-10(17(19,20)21)1-2-11(9)16(23)28;1-2/h1-5,12H,6-8H2,(H,22,25)(H,26,27);1-2H3. The van der Waals surface area contributed by atoms with E-state index in [1.54, 1.807) is 0 Å². The Morgan fingerprint density at radius 3 is 2.33 bits per heavy atom. The zero-order valence-electron chi connectivity index (χ0n) is 16.1. The topological polar surface area (TPSA) is 105 Å². The van der Waals surface area contributed by atoms with Crippen LogP contribution >= 0.6 is 0 Å². The number of amides is 1. The second-order valence-electron chi connectivity index (χ2n) is 5.87. The van der Waals surface area contributed by atoms with Gasteiger partial charge in [-0.25, -0.2) is 4.39 Å². The van der Waals surface area contributed by atoms with Crippen LogP contribution in [-0.4, -0.2) is 40.0 Å². The lowest BCUT2D eigenvalue weighted by molar-refractivity contribution is -0.140. The molecule has 2 rings (SSSR count). The molecular formula is C19H20F4N2O5. The third-order valence-electron chi connectivity index (χ3n) is 3.85. The number of benzene rings is 1. The van der Waals surface area contributed by atoms with Crippen molar-refractivity contribution in [1.29, 1.82) is 0 Å². The molecule has 11 heteroatoms. The number of carbonyl (C=O) groups excluding carboxylic acids is 2. The second kappa shape index (κ2) is 10.5. The summed E-state index contributed by atoms with van der Waals surface area (Å²) in [6.45, 7) is 1.89. The molecule has 0 aliphatic heterocycles. The molecule has 0 radical (unpaired) electrons. The molecule has 30 heavy (non-hydrogen) atoms. The summed E-state index contributed by atoms with van der Waals surface area (Å²) in [7, 11) is 0. The molecule has 2 aromatic rings. The highest BCUT2D eigenvalue weighted by Crippen LogP contribution is 2.30. The number of carboxylic acid groups (broad SMARTS) is 1. The normalized spacial score (nSPS) is 11.9. The Labute approximate surface area is 168 Å². The van der Waals surface area contributed by atoms with Crippen molar-refractivity contribution in [2.24, 2.45) is 0 Å².